The van der Waals surface area contributed by atoms with E-state index in [2.05, 4.69) is 91.9 Å². The maximum absolute atomic E-state index is 5.87. The van der Waals surface area contributed by atoms with Crippen molar-refractivity contribution in [3.63, 3.8) is 0 Å². The summed E-state index contributed by atoms with van der Waals surface area (Å²) in [5.41, 5.74) is 7.23. The first-order valence-corrected chi connectivity index (χ1v) is 9.65. The zero-order valence-corrected chi connectivity index (χ0v) is 14.9. The van der Waals surface area contributed by atoms with Gasteiger partial charge in [-0.05, 0) is 61.7 Å². The Morgan fingerprint density at radius 3 is 1.62 bits per heavy atom. The average Bonchev–Trinajstić information content (AvgIpc) is 2.63. The molecule has 0 aliphatic rings. The average molecular weight is 335 g/mol. The first-order valence-electron chi connectivity index (χ1n) is 8.43. The monoisotopic (exact) mass is 334 g/mol. The molecule has 0 bridgehead atoms. The summed E-state index contributed by atoms with van der Waals surface area (Å²) in [6.45, 7) is 2.07. The largest absolute Gasteiger partial charge is 0.328 e. The van der Waals surface area contributed by atoms with E-state index in [-0.39, 0.29) is 16.9 Å². The zero-order valence-electron chi connectivity index (χ0n) is 14.1. The fraction of sp³-hybridized carbons (Fsp3) is 0.182. The summed E-state index contributed by atoms with van der Waals surface area (Å²) in [7, 11) is -0.0603. The summed E-state index contributed by atoms with van der Waals surface area (Å²) in [4.78, 5) is 4.07. The predicted molar refractivity (Wildman–Crippen MR) is 103 cm³/mol. The summed E-state index contributed by atoms with van der Waals surface area (Å²) in [6, 6.07) is 30.8. The molecule has 0 aliphatic heterocycles. The van der Waals surface area contributed by atoms with Crippen LogP contribution >= 0.6 is 0 Å². The van der Waals surface area contributed by atoms with Crippen LogP contribution in [0, 0.1) is 0 Å². The lowest BCUT2D eigenvalue weighted by Crippen LogP contribution is -2.15. The second-order valence-electron chi connectivity index (χ2n) is 6.09. The third kappa shape index (κ3) is 4.28. The van der Waals surface area contributed by atoms with E-state index in [0.717, 1.165) is 12.8 Å². The minimum Gasteiger partial charge on any atom is -0.328 e. The normalized spacial score (nSPS) is 12.3. The van der Waals surface area contributed by atoms with E-state index in [1.165, 1.54) is 20.2 Å². The lowest BCUT2D eigenvalue weighted by Gasteiger charge is -2.09. The van der Waals surface area contributed by atoms with E-state index in [0.29, 0.717) is 0 Å². The molecular weight excluding hydrogens is 310 g/mol. The van der Waals surface area contributed by atoms with Crippen LogP contribution in [-0.2, 0) is 17.3 Å². The lowest BCUT2D eigenvalue weighted by molar-refractivity contribution is 0.666. The molecule has 1 unspecified atom stereocenters. The van der Waals surface area contributed by atoms with E-state index >= 15 is 0 Å². The maximum Gasteiger partial charge on any atom is 0.166 e. The second-order valence-corrected chi connectivity index (χ2v) is 8.12. The van der Waals surface area contributed by atoms with E-state index < -0.39 is 0 Å². The van der Waals surface area contributed by atoms with Gasteiger partial charge in [-0.1, -0.05) is 48.5 Å². The van der Waals surface area contributed by atoms with E-state index in [4.69, 9.17) is 5.73 Å². The topological polar surface area (TPSA) is 26.0 Å². The van der Waals surface area contributed by atoms with E-state index in [1.54, 1.807) is 0 Å². The van der Waals surface area contributed by atoms with Crippen molar-refractivity contribution < 1.29 is 0 Å². The van der Waals surface area contributed by atoms with Crippen molar-refractivity contribution >= 4 is 10.9 Å². The molecule has 0 saturated carbocycles. The number of aryl methyl sites for hydroxylation is 1. The standard InChI is InChI=1S/C22H24NS/c1-18(23)12-13-19-14-16-22(17-15-19)24(20-8-4-2-5-9-20)21-10-6-3-7-11-21/h2-11,14-18H,12-13,23H2,1H3/q+1. The molecular formula is C22H24NS+. The number of rotatable bonds is 6. The van der Waals surface area contributed by atoms with Gasteiger partial charge < -0.3 is 5.73 Å². The van der Waals surface area contributed by atoms with Crippen LogP contribution in [0.3, 0.4) is 0 Å². The molecule has 3 aromatic rings. The fourth-order valence-corrected chi connectivity index (χ4v) is 4.79. The van der Waals surface area contributed by atoms with Crippen molar-refractivity contribution in [2.24, 2.45) is 5.73 Å². The molecule has 0 aliphatic carbocycles. The Hall–Kier alpha value is -2.03. The van der Waals surface area contributed by atoms with Crippen LogP contribution in [0.2, 0.25) is 0 Å². The van der Waals surface area contributed by atoms with Gasteiger partial charge in [0, 0.05) is 6.04 Å². The predicted octanol–water partition coefficient (Wildman–Crippen LogP) is 5.06. The second kappa shape index (κ2) is 8.18. The van der Waals surface area contributed by atoms with Gasteiger partial charge in [-0.2, -0.15) is 0 Å². The van der Waals surface area contributed by atoms with Crippen LogP contribution in [0.25, 0.3) is 0 Å². The van der Waals surface area contributed by atoms with Gasteiger partial charge in [0.1, 0.15) is 0 Å². The molecule has 1 atom stereocenters. The zero-order chi connectivity index (χ0) is 16.8. The molecule has 122 valence electrons. The van der Waals surface area contributed by atoms with Gasteiger partial charge in [0.15, 0.2) is 14.7 Å². The van der Waals surface area contributed by atoms with Gasteiger partial charge in [0.2, 0.25) is 0 Å². The highest BCUT2D eigenvalue weighted by Gasteiger charge is 2.27. The SMILES string of the molecule is CC(N)CCc1ccc([S+](c2ccccc2)c2ccccc2)cc1. The van der Waals surface area contributed by atoms with Crippen molar-refractivity contribution in [1.82, 2.24) is 0 Å². The molecule has 24 heavy (non-hydrogen) atoms. The Morgan fingerprint density at radius 1 is 0.708 bits per heavy atom. The molecule has 3 rings (SSSR count). The Labute approximate surface area is 147 Å². The Morgan fingerprint density at radius 2 is 1.17 bits per heavy atom. The third-order valence-corrected chi connectivity index (χ3v) is 6.24. The summed E-state index contributed by atoms with van der Waals surface area (Å²) in [5.74, 6) is 0. The van der Waals surface area contributed by atoms with Crippen LogP contribution in [0.1, 0.15) is 18.9 Å². The van der Waals surface area contributed by atoms with Gasteiger partial charge in [-0.25, -0.2) is 0 Å². The molecule has 2 heteroatoms. The highest BCUT2D eigenvalue weighted by atomic mass is 32.2. The van der Waals surface area contributed by atoms with Gasteiger partial charge in [-0.3, -0.25) is 0 Å². The van der Waals surface area contributed by atoms with Crippen molar-refractivity contribution in [3.05, 3.63) is 90.5 Å². The number of nitrogens with two attached hydrogens (primary N) is 1. The lowest BCUT2D eigenvalue weighted by atomic mass is 10.1. The smallest absolute Gasteiger partial charge is 0.166 e. The Balaban J connectivity index is 1.92. The Bertz CT molecular complexity index is 696. The van der Waals surface area contributed by atoms with Gasteiger partial charge in [-0.15, -0.1) is 0 Å². The van der Waals surface area contributed by atoms with Crippen LogP contribution < -0.4 is 5.73 Å². The Kier molecular flexibility index (Phi) is 5.73. The summed E-state index contributed by atoms with van der Waals surface area (Å²) >= 11 is 0. The van der Waals surface area contributed by atoms with Crippen LogP contribution in [-0.4, -0.2) is 6.04 Å². The number of benzene rings is 3. The van der Waals surface area contributed by atoms with E-state index in [9.17, 15) is 0 Å². The molecule has 1 nitrogen and oxygen atoms in total. The molecule has 0 fully saturated rings. The molecule has 3 aromatic carbocycles. The molecule has 2 N–H and O–H groups in total. The first-order chi connectivity index (χ1) is 11.7. The quantitative estimate of drug-likeness (QED) is 0.626. The summed E-state index contributed by atoms with van der Waals surface area (Å²) in [5, 5.41) is 0. The van der Waals surface area contributed by atoms with E-state index in [1.807, 2.05) is 0 Å². The van der Waals surface area contributed by atoms with Crippen molar-refractivity contribution in [1.29, 1.82) is 0 Å². The molecule has 0 amide bonds. The molecule has 0 radical (unpaired) electrons. The summed E-state index contributed by atoms with van der Waals surface area (Å²) < 4.78 is 0. The van der Waals surface area contributed by atoms with Crippen LogP contribution in [0.4, 0.5) is 0 Å². The minimum absolute atomic E-state index is 0.0603. The molecule has 0 saturated heterocycles. The van der Waals surface area contributed by atoms with Gasteiger partial charge >= 0.3 is 0 Å². The van der Waals surface area contributed by atoms with Crippen LogP contribution in [0.5, 0.6) is 0 Å². The molecule has 0 aromatic heterocycles. The highest BCUT2D eigenvalue weighted by Crippen LogP contribution is 2.31. The van der Waals surface area contributed by atoms with Crippen LogP contribution in [0.15, 0.2) is 99.6 Å². The fourth-order valence-electron chi connectivity index (χ4n) is 2.71. The minimum atomic E-state index is -0.0603. The summed E-state index contributed by atoms with van der Waals surface area (Å²) in [6.07, 6.45) is 2.07. The first kappa shape index (κ1) is 16.8. The van der Waals surface area contributed by atoms with Crippen molar-refractivity contribution in [2.45, 2.75) is 40.5 Å². The maximum atomic E-state index is 5.87. The van der Waals surface area contributed by atoms with Crippen molar-refractivity contribution in [2.75, 3.05) is 0 Å². The number of hydrogen-bond donors (Lipinski definition) is 1. The highest BCUT2D eigenvalue weighted by molar-refractivity contribution is 7.97. The van der Waals surface area contributed by atoms with Crippen molar-refractivity contribution in [3.8, 4) is 0 Å². The molecule has 0 heterocycles. The van der Waals surface area contributed by atoms with Gasteiger partial charge in [0.05, 0.1) is 10.9 Å². The number of hydrogen-bond acceptors (Lipinski definition) is 1. The molecule has 0 spiro atoms. The third-order valence-electron chi connectivity index (χ3n) is 4.01. The van der Waals surface area contributed by atoms with Gasteiger partial charge in [0.25, 0.3) is 0 Å².